The molecule has 0 spiro atoms. The molecule has 1 aliphatic heterocycles. The molecule has 1 atom stereocenters. The van der Waals surface area contributed by atoms with Gasteiger partial charge in [0.2, 0.25) is 0 Å². The molecule has 2 aliphatic carbocycles. The Bertz CT molecular complexity index is 3470. The topological polar surface area (TPSA) is 9.23 Å². The number of thiophene rings is 1. The van der Waals surface area contributed by atoms with Crippen LogP contribution in [0.15, 0.2) is 182 Å². The molecular formula is C57H38OS. The van der Waals surface area contributed by atoms with Gasteiger partial charge >= 0.3 is 0 Å². The van der Waals surface area contributed by atoms with Crippen molar-refractivity contribution in [2.45, 2.75) is 31.6 Å². The highest BCUT2D eigenvalue weighted by molar-refractivity contribution is 7.25. The molecule has 0 radical (unpaired) electrons. The summed E-state index contributed by atoms with van der Waals surface area (Å²) in [4.78, 5) is 0. The fourth-order valence-corrected chi connectivity index (χ4v) is 11.9. The molecule has 59 heavy (non-hydrogen) atoms. The molecule has 0 saturated heterocycles. The summed E-state index contributed by atoms with van der Waals surface area (Å²) in [5.74, 6) is 2.27. The summed E-state index contributed by atoms with van der Waals surface area (Å²) in [5.41, 5.74) is 14.4. The lowest BCUT2D eigenvalue weighted by Gasteiger charge is -2.24. The van der Waals surface area contributed by atoms with Crippen molar-refractivity contribution in [3.05, 3.63) is 204 Å². The summed E-state index contributed by atoms with van der Waals surface area (Å²) in [6.07, 6.45) is 5.44. The van der Waals surface area contributed by atoms with Crippen LogP contribution in [-0.4, -0.2) is 0 Å². The molecule has 13 rings (SSSR count). The van der Waals surface area contributed by atoms with E-state index in [0.717, 1.165) is 17.9 Å². The molecule has 0 amide bonds. The third-order valence-electron chi connectivity index (χ3n) is 13.6. The number of fused-ring (bicyclic) bond motifs is 12. The van der Waals surface area contributed by atoms with Gasteiger partial charge in [-0.1, -0.05) is 141 Å². The molecule has 1 aromatic heterocycles. The predicted octanol–water partition coefficient (Wildman–Crippen LogP) is 16.0. The summed E-state index contributed by atoms with van der Waals surface area (Å²) in [7, 11) is 0. The van der Waals surface area contributed by atoms with Gasteiger partial charge in [-0.05, 0) is 143 Å². The summed E-state index contributed by atoms with van der Waals surface area (Å²) < 4.78 is 9.24. The monoisotopic (exact) mass is 770 g/mol. The molecule has 10 aromatic rings. The van der Waals surface area contributed by atoms with E-state index in [1.165, 1.54) is 114 Å². The molecule has 0 fully saturated rings. The van der Waals surface area contributed by atoms with Gasteiger partial charge in [-0.25, -0.2) is 0 Å². The van der Waals surface area contributed by atoms with Gasteiger partial charge in [0.1, 0.15) is 11.5 Å². The van der Waals surface area contributed by atoms with Crippen LogP contribution in [0.1, 0.15) is 48.4 Å². The molecule has 3 aliphatic rings. The molecule has 2 heteroatoms. The van der Waals surface area contributed by atoms with Crippen molar-refractivity contribution in [1.82, 2.24) is 0 Å². The van der Waals surface area contributed by atoms with Crippen molar-refractivity contribution >= 4 is 69.4 Å². The average Bonchev–Trinajstić information content (AvgIpc) is 3.89. The van der Waals surface area contributed by atoms with Crippen LogP contribution in [0, 0.1) is 0 Å². The smallest absolute Gasteiger partial charge is 0.131 e. The Balaban J connectivity index is 0.871. The minimum absolute atomic E-state index is 0.165. The quantitative estimate of drug-likeness (QED) is 0.163. The first kappa shape index (κ1) is 33.3. The van der Waals surface area contributed by atoms with Gasteiger partial charge in [-0.2, -0.15) is 0 Å². The summed E-state index contributed by atoms with van der Waals surface area (Å²) in [6, 6.07) is 61.4. The Labute approximate surface area is 347 Å². The maximum Gasteiger partial charge on any atom is 0.131 e. The van der Waals surface area contributed by atoms with E-state index in [2.05, 4.69) is 190 Å². The second-order valence-electron chi connectivity index (χ2n) is 17.2. The van der Waals surface area contributed by atoms with E-state index in [0.29, 0.717) is 0 Å². The Morgan fingerprint density at radius 3 is 1.80 bits per heavy atom. The lowest BCUT2D eigenvalue weighted by Crippen LogP contribution is -2.15. The van der Waals surface area contributed by atoms with Crippen LogP contribution in [0.3, 0.4) is 0 Å². The van der Waals surface area contributed by atoms with Crippen molar-refractivity contribution in [2.24, 2.45) is 0 Å². The van der Waals surface area contributed by atoms with Crippen LogP contribution in [-0.2, 0) is 5.41 Å². The van der Waals surface area contributed by atoms with Crippen LogP contribution in [0.5, 0.6) is 5.75 Å². The van der Waals surface area contributed by atoms with E-state index in [1.54, 1.807) is 0 Å². The first-order valence-corrected chi connectivity index (χ1v) is 21.6. The lowest BCUT2D eigenvalue weighted by molar-refractivity contribution is 0.427. The van der Waals surface area contributed by atoms with E-state index in [-0.39, 0.29) is 11.3 Å². The third-order valence-corrected chi connectivity index (χ3v) is 14.7. The maximum absolute atomic E-state index is 6.57. The fourth-order valence-electron chi connectivity index (χ4n) is 10.7. The van der Waals surface area contributed by atoms with Crippen LogP contribution >= 0.6 is 11.3 Å². The van der Waals surface area contributed by atoms with Gasteiger partial charge in [-0.3, -0.25) is 0 Å². The van der Waals surface area contributed by atoms with E-state index < -0.39 is 0 Å². The predicted molar refractivity (Wildman–Crippen MR) is 251 cm³/mol. The number of ether oxygens (including phenoxy) is 1. The van der Waals surface area contributed by atoms with E-state index in [1.807, 2.05) is 11.3 Å². The van der Waals surface area contributed by atoms with Crippen molar-refractivity contribution in [3.63, 3.8) is 0 Å². The number of allylic oxidation sites excluding steroid dienone is 4. The van der Waals surface area contributed by atoms with E-state index in [9.17, 15) is 0 Å². The molecule has 0 saturated carbocycles. The lowest BCUT2D eigenvalue weighted by atomic mass is 9.79. The normalized spacial score (nSPS) is 16.2. The highest BCUT2D eigenvalue weighted by Crippen LogP contribution is 2.54. The van der Waals surface area contributed by atoms with Crippen molar-refractivity contribution < 1.29 is 4.74 Å². The summed E-state index contributed by atoms with van der Waals surface area (Å²) >= 11 is 1.87. The zero-order valence-corrected chi connectivity index (χ0v) is 33.7. The zero-order valence-electron chi connectivity index (χ0n) is 32.8. The third kappa shape index (κ3) is 4.78. The Morgan fingerprint density at radius 2 is 1.08 bits per heavy atom. The molecule has 1 nitrogen and oxygen atoms in total. The van der Waals surface area contributed by atoms with E-state index in [4.69, 9.17) is 4.74 Å². The Kier molecular flexibility index (Phi) is 6.84. The van der Waals surface area contributed by atoms with Crippen LogP contribution < -0.4 is 4.74 Å². The molecular weight excluding hydrogens is 733 g/mol. The molecule has 9 aromatic carbocycles. The minimum Gasteiger partial charge on any atom is -0.461 e. The number of rotatable bonds is 3. The maximum atomic E-state index is 6.57. The Morgan fingerprint density at radius 1 is 0.492 bits per heavy atom. The average molecular weight is 771 g/mol. The Hall–Kier alpha value is -6.74. The van der Waals surface area contributed by atoms with Crippen molar-refractivity contribution in [3.8, 4) is 39.1 Å². The highest BCUT2D eigenvalue weighted by atomic mass is 32.1. The molecule has 2 heterocycles. The van der Waals surface area contributed by atoms with Gasteiger partial charge in [0.25, 0.3) is 0 Å². The molecule has 0 bridgehead atoms. The number of hydrogen-bond donors (Lipinski definition) is 0. The molecule has 0 N–H and O–H groups in total. The second-order valence-corrected chi connectivity index (χ2v) is 18.2. The van der Waals surface area contributed by atoms with E-state index >= 15 is 0 Å². The van der Waals surface area contributed by atoms with Gasteiger partial charge in [0.05, 0.1) is 0 Å². The summed E-state index contributed by atoms with van der Waals surface area (Å²) in [5, 5.41) is 10.4. The second kappa shape index (κ2) is 12.1. The van der Waals surface area contributed by atoms with Crippen LogP contribution in [0.25, 0.3) is 91.4 Å². The standard InChI is InChI=1S/C57H38OS/c1-57(2)49-29-35(34-22-25-51-46(26-34)47-27-37-28-48-41-14-10-11-19-53(41)59-54(48)32-38(37)31-52(47)58-51)20-23-39(49)40-24-21-36(30-50(40)57)56-44-17-8-6-15-42(44)55(33-12-4-3-5-13-33)43-16-7-9-18-45(43)56/h3-25,27-32,46H,26H2,1-2H3. The molecule has 278 valence electrons. The fraction of sp³-hybridized carbons (Fsp3) is 0.0877. The zero-order chi connectivity index (χ0) is 39.0. The largest absolute Gasteiger partial charge is 0.461 e. The van der Waals surface area contributed by atoms with Crippen molar-refractivity contribution in [2.75, 3.05) is 0 Å². The van der Waals surface area contributed by atoms with Crippen molar-refractivity contribution in [1.29, 1.82) is 0 Å². The van der Waals surface area contributed by atoms with Crippen LogP contribution in [0.2, 0.25) is 0 Å². The highest BCUT2D eigenvalue weighted by Gasteiger charge is 2.37. The SMILES string of the molecule is CC1(C)c2cc(C3=CC=C4Oc5cc6cc7sc8ccccc8c7cc6cc5C4C3)ccc2-c2ccc(-c3c4ccccc4c(-c4ccccc4)c4ccccc34)cc21. The van der Waals surface area contributed by atoms with Gasteiger partial charge in [-0.15, -0.1) is 11.3 Å². The number of hydrogen-bond acceptors (Lipinski definition) is 2. The molecule has 1 unspecified atom stereocenters. The van der Waals surface area contributed by atoms with Gasteiger partial charge in [0.15, 0.2) is 0 Å². The first-order valence-electron chi connectivity index (χ1n) is 20.7. The van der Waals surface area contributed by atoms with Gasteiger partial charge < -0.3 is 4.74 Å². The van der Waals surface area contributed by atoms with Crippen LogP contribution in [0.4, 0.5) is 0 Å². The first-order chi connectivity index (χ1) is 29.0. The summed E-state index contributed by atoms with van der Waals surface area (Å²) in [6.45, 7) is 4.82. The van der Waals surface area contributed by atoms with Gasteiger partial charge in [0, 0.05) is 37.1 Å². The minimum atomic E-state index is -0.165. The number of benzene rings is 9.